The number of anilines is 1. The second-order valence-electron chi connectivity index (χ2n) is 9.44. The average Bonchev–Trinajstić information content (AvgIpc) is 3.35. The number of hydrogen-bond donors (Lipinski definition) is 2. The molecule has 0 bridgehead atoms. The summed E-state index contributed by atoms with van der Waals surface area (Å²) in [7, 11) is 1.68. The van der Waals surface area contributed by atoms with E-state index in [1.807, 2.05) is 16.8 Å². The summed E-state index contributed by atoms with van der Waals surface area (Å²) in [6, 6.07) is 12.7. The maximum Gasteiger partial charge on any atom is 0.135 e. The number of nitrogens with one attached hydrogen (secondary N) is 1. The molecule has 37 heavy (non-hydrogen) atoms. The van der Waals surface area contributed by atoms with E-state index in [4.69, 9.17) is 22.1 Å². The van der Waals surface area contributed by atoms with Crippen molar-refractivity contribution in [2.75, 3.05) is 12.4 Å². The van der Waals surface area contributed by atoms with E-state index in [2.05, 4.69) is 40.5 Å². The Morgan fingerprint density at radius 2 is 2.00 bits per heavy atom. The standard InChI is InChI=1S/C29H31ClFN5O/c1-3-18-13-22(37-2)10-11-23(18)19-14-27-28(34-21-7-5-4-6-8-21)24(16-33-36(27)17-19)29(32)35-26-15-20(31)9-12-25(26)30/h9-17,21,34H,3-8H2,1-2H3,(H2,32,35). The van der Waals surface area contributed by atoms with Crippen LogP contribution in [-0.4, -0.2) is 28.6 Å². The summed E-state index contributed by atoms with van der Waals surface area (Å²) >= 11 is 6.27. The number of halogens is 2. The van der Waals surface area contributed by atoms with Crippen molar-refractivity contribution >= 4 is 34.3 Å². The molecule has 4 aromatic rings. The van der Waals surface area contributed by atoms with Gasteiger partial charge in [0.1, 0.15) is 17.4 Å². The van der Waals surface area contributed by atoms with Crippen LogP contribution >= 0.6 is 11.6 Å². The molecule has 0 aliphatic heterocycles. The van der Waals surface area contributed by atoms with Crippen molar-refractivity contribution in [2.24, 2.45) is 10.7 Å². The molecule has 1 saturated carbocycles. The molecular weight excluding hydrogens is 489 g/mol. The lowest BCUT2D eigenvalue weighted by Crippen LogP contribution is -2.25. The second-order valence-corrected chi connectivity index (χ2v) is 9.85. The fourth-order valence-electron chi connectivity index (χ4n) is 5.03. The van der Waals surface area contributed by atoms with E-state index in [9.17, 15) is 4.39 Å². The number of methoxy groups -OCH3 is 1. The zero-order chi connectivity index (χ0) is 25.9. The first-order valence-corrected chi connectivity index (χ1v) is 13.1. The largest absolute Gasteiger partial charge is 0.497 e. The topological polar surface area (TPSA) is 76.9 Å². The monoisotopic (exact) mass is 519 g/mol. The van der Waals surface area contributed by atoms with E-state index in [0.29, 0.717) is 16.6 Å². The van der Waals surface area contributed by atoms with E-state index in [-0.39, 0.29) is 11.5 Å². The Hall–Kier alpha value is -3.58. The van der Waals surface area contributed by atoms with Crippen LogP contribution in [0.4, 0.5) is 15.8 Å². The third kappa shape index (κ3) is 5.27. The Morgan fingerprint density at radius 3 is 2.76 bits per heavy atom. The van der Waals surface area contributed by atoms with Gasteiger partial charge in [-0.05, 0) is 60.7 Å². The zero-order valence-corrected chi connectivity index (χ0v) is 21.9. The van der Waals surface area contributed by atoms with Crippen LogP contribution in [0, 0.1) is 5.82 Å². The highest BCUT2D eigenvalue weighted by Gasteiger charge is 2.20. The molecule has 0 amide bonds. The first kappa shape index (κ1) is 25.1. The van der Waals surface area contributed by atoms with Crippen molar-refractivity contribution in [2.45, 2.75) is 51.5 Å². The van der Waals surface area contributed by atoms with Crippen molar-refractivity contribution in [1.82, 2.24) is 9.61 Å². The van der Waals surface area contributed by atoms with Crippen molar-refractivity contribution in [1.29, 1.82) is 0 Å². The molecule has 0 unspecified atom stereocenters. The average molecular weight is 520 g/mol. The number of aromatic nitrogens is 2. The van der Waals surface area contributed by atoms with E-state index in [1.165, 1.54) is 43.0 Å². The smallest absolute Gasteiger partial charge is 0.135 e. The predicted octanol–water partition coefficient (Wildman–Crippen LogP) is 7.15. The Balaban J connectivity index is 1.64. The third-order valence-corrected chi connectivity index (χ3v) is 7.34. The van der Waals surface area contributed by atoms with Crippen LogP contribution in [0.25, 0.3) is 16.6 Å². The first-order chi connectivity index (χ1) is 18.0. The molecule has 0 atom stereocenters. The van der Waals surface area contributed by atoms with Gasteiger partial charge in [-0.3, -0.25) is 0 Å². The lowest BCUT2D eigenvalue weighted by atomic mass is 9.95. The molecule has 6 nitrogen and oxygen atoms in total. The van der Waals surface area contributed by atoms with Gasteiger partial charge in [0.25, 0.3) is 0 Å². The fraction of sp³-hybridized carbons (Fsp3) is 0.310. The highest BCUT2D eigenvalue weighted by molar-refractivity contribution is 6.33. The van der Waals surface area contributed by atoms with Gasteiger partial charge in [0.2, 0.25) is 0 Å². The molecule has 0 spiro atoms. The van der Waals surface area contributed by atoms with Gasteiger partial charge in [-0.15, -0.1) is 0 Å². The van der Waals surface area contributed by atoms with Crippen LogP contribution in [0.15, 0.2) is 59.9 Å². The Labute approximate surface area is 221 Å². The number of amidine groups is 1. The van der Waals surface area contributed by atoms with Gasteiger partial charge in [0.05, 0.1) is 40.8 Å². The van der Waals surface area contributed by atoms with Crippen LogP contribution < -0.4 is 15.8 Å². The quantitative estimate of drug-likeness (QED) is 0.201. The molecule has 0 saturated heterocycles. The number of nitrogens with two attached hydrogens (primary N) is 1. The lowest BCUT2D eigenvalue weighted by Gasteiger charge is -2.25. The van der Waals surface area contributed by atoms with Gasteiger partial charge in [-0.1, -0.05) is 43.9 Å². The minimum atomic E-state index is -0.424. The highest BCUT2D eigenvalue weighted by Crippen LogP contribution is 2.34. The van der Waals surface area contributed by atoms with Crippen LogP contribution in [0.5, 0.6) is 5.75 Å². The van der Waals surface area contributed by atoms with Crippen molar-refractivity contribution in [3.8, 4) is 16.9 Å². The van der Waals surface area contributed by atoms with E-state index in [1.54, 1.807) is 13.3 Å². The van der Waals surface area contributed by atoms with Gasteiger partial charge < -0.3 is 15.8 Å². The fourth-order valence-corrected chi connectivity index (χ4v) is 5.19. The highest BCUT2D eigenvalue weighted by atomic mass is 35.5. The predicted molar refractivity (Wildman–Crippen MR) is 149 cm³/mol. The molecule has 1 aliphatic carbocycles. The molecule has 1 aliphatic rings. The molecule has 2 aromatic heterocycles. The maximum atomic E-state index is 13.9. The van der Waals surface area contributed by atoms with Crippen LogP contribution in [-0.2, 0) is 6.42 Å². The summed E-state index contributed by atoms with van der Waals surface area (Å²) in [5, 5.41) is 8.74. The molecule has 3 N–H and O–H groups in total. The van der Waals surface area contributed by atoms with Gasteiger partial charge in [-0.25, -0.2) is 13.9 Å². The number of aryl methyl sites for hydroxylation is 1. The third-order valence-electron chi connectivity index (χ3n) is 7.02. The molecular formula is C29H31ClFN5O. The molecule has 0 radical (unpaired) electrons. The number of nitrogens with zero attached hydrogens (tertiary/aromatic N) is 3. The first-order valence-electron chi connectivity index (χ1n) is 12.7. The normalized spacial score (nSPS) is 14.8. The minimum absolute atomic E-state index is 0.224. The summed E-state index contributed by atoms with van der Waals surface area (Å²) in [6.45, 7) is 2.13. The SMILES string of the molecule is CCc1cc(OC)ccc1-c1cc2c(NC3CCCCC3)c(C(N)=Nc3cc(F)ccc3Cl)cnn2c1. The van der Waals surface area contributed by atoms with Crippen LogP contribution in [0.1, 0.15) is 50.2 Å². The maximum absolute atomic E-state index is 13.9. The van der Waals surface area contributed by atoms with E-state index < -0.39 is 5.82 Å². The van der Waals surface area contributed by atoms with E-state index in [0.717, 1.165) is 47.3 Å². The van der Waals surface area contributed by atoms with Gasteiger partial charge in [-0.2, -0.15) is 5.10 Å². The van der Waals surface area contributed by atoms with Gasteiger partial charge in [0.15, 0.2) is 0 Å². The number of fused-ring (bicyclic) bond motifs is 1. The minimum Gasteiger partial charge on any atom is -0.497 e. The van der Waals surface area contributed by atoms with Crippen molar-refractivity contribution in [3.05, 3.63) is 76.8 Å². The summed E-state index contributed by atoms with van der Waals surface area (Å²) in [5.74, 6) is 0.638. The molecule has 1 fully saturated rings. The molecule has 192 valence electrons. The second kappa shape index (κ2) is 10.8. The number of ether oxygens (including phenoxy) is 1. The molecule has 8 heteroatoms. The van der Waals surface area contributed by atoms with Crippen LogP contribution in [0.2, 0.25) is 5.02 Å². The van der Waals surface area contributed by atoms with Crippen LogP contribution in [0.3, 0.4) is 0 Å². The summed E-state index contributed by atoms with van der Waals surface area (Å²) < 4.78 is 21.2. The Kier molecular flexibility index (Phi) is 7.33. The summed E-state index contributed by atoms with van der Waals surface area (Å²) in [4.78, 5) is 4.48. The number of rotatable bonds is 7. The van der Waals surface area contributed by atoms with Gasteiger partial charge >= 0.3 is 0 Å². The number of hydrogen-bond acceptors (Lipinski definition) is 4. The zero-order valence-electron chi connectivity index (χ0n) is 21.1. The van der Waals surface area contributed by atoms with E-state index >= 15 is 0 Å². The molecule has 2 heterocycles. The summed E-state index contributed by atoms with van der Waals surface area (Å²) in [6.07, 6.45) is 10.4. The van der Waals surface area contributed by atoms with Crippen molar-refractivity contribution in [3.63, 3.8) is 0 Å². The van der Waals surface area contributed by atoms with Gasteiger partial charge in [0, 0.05) is 23.9 Å². The Morgan fingerprint density at radius 1 is 1.19 bits per heavy atom. The molecule has 5 rings (SSSR count). The number of benzene rings is 2. The van der Waals surface area contributed by atoms with Crippen molar-refractivity contribution < 1.29 is 9.13 Å². The Bertz CT molecular complexity index is 1460. The lowest BCUT2D eigenvalue weighted by molar-refractivity contribution is 0.414. The molecule has 2 aromatic carbocycles. The summed E-state index contributed by atoms with van der Waals surface area (Å²) in [5.41, 5.74) is 12.6. The number of aliphatic imine (C=N–C) groups is 1.